The van der Waals surface area contributed by atoms with E-state index in [1.165, 1.54) is 0 Å². The zero-order valence-electron chi connectivity index (χ0n) is 9.26. The van der Waals surface area contributed by atoms with Crippen LogP contribution in [0.3, 0.4) is 0 Å². The molecule has 0 aliphatic carbocycles. The third-order valence-corrected chi connectivity index (χ3v) is 2.14. The van der Waals surface area contributed by atoms with E-state index in [0.29, 0.717) is 0 Å². The molecule has 0 aromatic heterocycles. The van der Waals surface area contributed by atoms with E-state index in [4.69, 9.17) is 4.74 Å². The molecule has 0 aromatic rings. The van der Waals surface area contributed by atoms with Crippen molar-refractivity contribution < 1.29 is 23.9 Å². The van der Waals surface area contributed by atoms with Crippen LogP contribution in [0.2, 0.25) is 0 Å². The Hall–Kier alpha value is -1.95. The maximum absolute atomic E-state index is 11.5. The minimum Gasteiger partial charge on any atom is -0.460 e. The number of carbonyl (C=O) groups is 3. The lowest BCUT2D eigenvalue weighted by Gasteiger charge is -2.10. The molecule has 17 heavy (non-hydrogen) atoms. The molecule has 0 aromatic carbocycles. The highest BCUT2D eigenvalue weighted by atomic mass is 16.6. The molecule has 1 saturated heterocycles. The summed E-state index contributed by atoms with van der Waals surface area (Å²) in [6.07, 6.45) is 1.36. The van der Waals surface area contributed by atoms with Gasteiger partial charge in [-0.25, -0.2) is 4.79 Å². The Balaban J connectivity index is 2.32. The van der Waals surface area contributed by atoms with Gasteiger partial charge in [-0.15, -0.1) is 0 Å². The van der Waals surface area contributed by atoms with E-state index in [0.717, 1.165) is 17.2 Å². The van der Waals surface area contributed by atoms with Crippen LogP contribution in [0.25, 0.3) is 0 Å². The molecule has 0 saturated carbocycles. The molecule has 2 amide bonds. The van der Waals surface area contributed by atoms with Gasteiger partial charge in [-0.05, 0) is 0 Å². The number of imide groups is 1. The minimum atomic E-state index is -0.817. The maximum atomic E-state index is 11.5. The Morgan fingerprint density at radius 1 is 1.41 bits per heavy atom. The summed E-state index contributed by atoms with van der Waals surface area (Å²) in [4.78, 5) is 34.4. The Bertz CT molecular complexity index is 363. The van der Waals surface area contributed by atoms with E-state index in [2.05, 4.69) is 17.9 Å². The fourth-order valence-corrected chi connectivity index (χ4v) is 1.34. The Labute approximate surface area is 98.5 Å². The zero-order chi connectivity index (χ0) is 12.8. The van der Waals surface area contributed by atoms with Crippen molar-refractivity contribution in [3.05, 3.63) is 25.4 Å². The second-order valence-corrected chi connectivity index (χ2v) is 3.22. The van der Waals surface area contributed by atoms with Crippen LogP contribution in [0.1, 0.15) is 6.42 Å². The molecule has 1 heterocycles. The normalized spacial score (nSPS) is 19.3. The summed E-state index contributed by atoms with van der Waals surface area (Å²) in [5.74, 6) is -1.35. The van der Waals surface area contributed by atoms with Gasteiger partial charge in [-0.2, -0.15) is 0 Å². The predicted octanol–water partition coefficient (Wildman–Crippen LogP) is 0.00320. The van der Waals surface area contributed by atoms with Crippen molar-refractivity contribution >= 4 is 17.8 Å². The average molecular weight is 239 g/mol. The van der Waals surface area contributed by atoms with Gasteiger partial charge in [0.25, 0.3) is 5.91 Å². The van der Waals surface area contributed by atoms with Crippen LogP contribution in [0, 0.1) is 0 Å². The number of nitrogens with zero attached hydrogens (tertiary/aromatic N) is 1. The molecule has 1 aliphatic heterocycles. The second kappa shape index (κ2) is 5.95. The molecule has 0 spiro atoms. The molecule has 0 radical (unpaired) electrons. The van der Waals surface area contributed by atoms with Crippen LogP contribution >= 0.6 is 0 Å². The van der Waals surface area contributed by atoms with Crippen molar-refractivity contribution in [2.24, 2.45) is 0 Å². The number of carbonyl (C=O) groups excluding carboxylic acids is 3. The van der Waals surface area contributed by atoms with E-state index in [1.54, 1.807) is 0 Å². The number of ether oxygens (including phenoxy) is 2. The molecular weight excluding hydrogens is 226 g/mol. The SMILES string of the molecule is C=CC(=O)OCCOC1CC(=O)N(C=C)C1=O. The third kappa shape index (κ3) is 3.25. The van der Waals surface area contributed by atoms with Crippen LogP contribution < -0.4 is 0 Å². The van der Waals surface area contributed by atoms with Crippen molar-refractivity contribution in [3.63, 3.8) is 0 Å². The fourth-order valence-electron chi connectivity index (χ4n) is 1.34. The van der Waals surface area contributed by atoms with Gasteiger partial charge >= 0.3 is 5.97 Å². The van der Waals surface area contributed by atoms with Crippen LogP contribution in [0.4, 0.5) is 0 Å². The van der Waals surface area contributed by atoms with Crippen LogP contribution in [-0.4, -0.2) is 42.0 Å². The smallest absolute Gasteiger partial charge is 0.330 e. The van der Waals surface area contributed by atoms with Crippen molar-refractivity contribution in [2.45, 2.75) is 12.5 Å². The highest BCUT2D eigenvalue weighted by Crippen LogP contribution is 2.15. The third-order valence-electron chi connectivity index (χ3n) is 2.14. The number of hydrogen-bond acceptors (Lipinski definition) is 5. The highest BCUT2D eigenvalue weighted by molar-refractivity contribution is 6.05. The zero-order valence-corrected chi connectivity index (χ0v) is 9.26. The van der Waals surface area contributed by atoms with Crippen molar-refractivity contribution in [1.82, 2.24) is 4.90 Å². The van der Waals surface area contributed by atoms with Crippen LogP contribution in [0.15, 0.2) is 25.4 Å². The maximum Gasteiger partial charge on any atom is 0.330 e. The molecule has 1 fully saturated rings. The van der Waals surface area contributed by atoms with Crippen LogP contribution in [-0.2, 0) is 23.9 Å². The van der Waals surface area contributed by atoms with Crippen molar-refractivity contribution in [1.29, 1.82) is 0 Å². The molecule has 6 heteroatoms. The summed E-state index contributed by atoms with van der Waals surface area (Å²) in [5.41, 5.74) is 0. The highest BCUT2D eigenvalue weighted by Gasteiger charge is 2.37. The van der Waals surface area contributed by atoms with Gasteiger partial charge in [0, 0.05) is 12.3 Å². The van der Waals surface area contributed by atoms with E-state index in [1.807, 2.05) is 0 Å². The van der Waals surface area contributed by atoms with Gasteiger partial charge < -0.3 is 9.47 Å². The van der Waals surface area contributed by atoms with Gasteiger partial charge in [-0.3, -0.25) is 14.5 Å². The average Bonchev–Trinajstić information content (AvgIpc) is 2.59. The summed E-state index contributed by atoms with van der Waals surface area (Å²) in [6, 6.07) is 0. The molecular formula is C11H13NO5. The Morgan fingerprint density at radius 3 is 2.65 bits per heavy atom. The lowest BCUT2D eigenvalue weighted by molar-refractivity contribution is -0.142. The van der Waals surface area contributed by atoms with Gasteiger partial charge in [0.05, 0.1) is 13.0 Å². The quantitative estimate of drug-likeness (QED) is 0.282. The topological polar surface area (TPSA) is 72.9 Å². The number of likely N-dealkylation sites (tertiary alicyclic amines) is 1. The lowest BCUT2D eigenvalue weighted by atomic mass is 10.3. The molecule has 92 valence electrons. The molecule has 0 N–H and O–H groups in total. The summed E-state index contributed by atoms with van der Waals surface area (Å²) in [6.45, 7) is 6.65. The van der Waals surface area contributed by atoms with Crippen molar-refractivity contribution in [2.75, 3.05) is 13.2 Å². The second-order valence-electron chi connectivity index (χ2n) is 3.22. The van der Waals surface area contributed by atoms with E-state index in [9.17, 15) is 14.4 Å². The van der Waals surface area contributed by atoms with Crippen LogP contribution in [0.5, 0.6) is 0 Å². The number of hydrogen-bond donors (Lipinski definition) is 0. The first-order valence-corrected chi connectivity index (χ1v) is 4.99. The van der Waals surface area contributed by atoms with Crippen molar-refractivity contribution in [3.8, 4) is 0 Å². The first kappa shape index (κ1) is 13.1. The van der Waals surface area contributed by atoms with E-state index >= 15 is 0 Å². The summed E-state index contributed by atoms with van der Waals surface area (Å²) >= 11 is 0. The number of amides is 2. The molecule has 0 bridgehead atoms. The molecule has 1 aliphatic rings. The van der Waals surface area contributed by atoms with E-state index < -0.39 is 18.0 Å². The van der Waals surface area contributed by atoms with Gasteiger partial charge in [-0.1, -0.05) is 13.2 Å². The number of esters is 1. The fraction of sp³-hybridized carbons (Fsp3) is 0.364. The first-order chi connectivity index (χ1) is 8.10. The lowest BCUT2D eigenvalue weighted by Crippen LogP contribution is -2.28. The Morgan fingerprint density at radius 2 is 2.12 bits per heavy atom. The summed E-state index contributed by atoms with van der Waals surface area (Å²) < 4.78 is 9.80. The van der Waals surface area contributed by atoms with Gasteiger partial charge in [0.15, 0.2) is 0 Å². The van der Waals surface area contributed by atoms with Gasteiger partial charge in [0.1, 0.15) is 12.7 Å². The summed E-state index contributed by atoms with van der Waals surface area (Å²) in [7, 11) is 0. The predicted molar refractivity (Wildman–Crippen MR) is 57.6 cm³/mol. The minimum absolute atomic E-state index is 0.0108. The summed E-state index contributed by atoms with van der Waals surface area (Å²) in [5, 5.41) is 0. The number of rotatable bonds is 6. The Kier molecular flexibility index (Phi) is 4.59. The van der Waals surface area contributed by atoms with E-state index in [-0.39, 0.29) is 25.5 Å². The monoisotopic (exact) mass is 239 g/mol. The molecule has 1 atom stereocenters. The molecule has 1 rings (SSSR count). The largest absolute Gasteiger partial charge is 0.460 e. The van der Waals surface area contributed by atoms with Gasteiger partial charge in [0.2, 0.25) is 5.91 Å². The molecule has 6 nitrogen and oxygen atoms in total. The first-order valence-electron chi connectivity index (χ1n) is 4.99. The molecule has 1 unspecified atom stereocenters. The standard InChI is InChI=1S/C11H13NO5/c1-3-10(14)17-6-5-16-8-7-9(13)12(4-2)11(8)15/h3-4,8H,1-2,5-7H2.